The predicted molar refractivity (Wildman–Crippen MR) is 156 cm³/mol. The third kappa shape index (κ3) is 2.97. The summed E-state index contributed by atoms with van der Waals surface area (Å²) in [5, 5.41) is 5.54. The topological polar surface area (TPSA) is 43.9 Å². The van der Waals surface area contributed by atoms with Crippen molar-refractivity contribution >= 4 is 54.6 Å². The van der Waals surface area contributed by atoms with Crippen molar-refractivity contribution in [2.45, 2.75) is 13.3 Å². The average Bonchev–Trinajstić information content (AvgIpc) is 3.55. The lowest BCUT2D eigenvalue weighted by molar-refractivity contribution is 0.673. The molecule has 3 heterocycles. The number of furan rings is 1. The van der Waals surface area contributed by atoms with Gasteiger partial charge in [0.15, 0.2) is 0 Å². The molecule has 0 unspecified atom stereocenters. The van der Waals surface area contributed by atoms with Crippen LogP contribution in [0, 0.1) is 0 Å². The normalized spacial score (nSPS) is 11.9. The summed E-state index contributed by atoms with van der Waals surface area (Å²) in [5.74, 6) is 1.05. The van der Waals surface area contributed by atoms with Gasteiger partial charge in [0.1, 0.15) is 17.0 Å². The molecule has 0 aliphatic carbocycles. The molecule has 0 aliphatic rings. The molecule has 0 N–H and O–H groups in total. The number of aryl methyl sites for hydroxylation is 1. The van der Waals surface area contributed by atoms with Gasteiger partial charge in [-0.15, -0.1) is 0 Å². The molecule has 5 aromatic carbocycles. The number of benzene rings is 5. The van der Waals surface area contributed by atoms with Crippen LogP contribution in [-0.2, 0) is 6.42 Å². The molecule has 0 aliphatic heterocycles. The molecule has 8 aromatic rings. The summed E-state index contributed by atoms with van der Waals surface area (Å²) in [6.45, 7) is 2.15. The second kappa shape index (κ2) is 8.02. The highest BCUT2D eigenvalue weighted by Gasteiger charge is 2.18. The van der Waals surface area contributed by atoms with Gasteiger partial charge in [-0.2, -0.15) is 0 Å². The molecule has 180 valence electrons. The van der Waals surface area contributed by atoms with Crippen LogP contribution in [0.2, 0.25) is 0 Å². The van der Waals surface area contributed by atoms with Gasteiger partial charge in [-0.1, -0.05) is 73.7 Å². The molecule has 0 radical (unpaired) electrons. The molecule has 0 saturated heterocycles. The first kappa shape index (κ1) is 21.2. The highest BCUT2D eigenvalue weighted by Crippen LogP contribution is 2.40. The Morgan fingerprint density at radius 2 is 1.42 bits per heavy atom. The number of hydrogen-bond acceptors (Lipinski definition) is 3. The van der Waals surface area contributed by atoms with Crippen LogP contribution in [0.1, 0.15) is 12.7 Å². The fraction of sp³-hybridized carbons (Fsp3) is 0.0588. The molecule has 4 heteroatoms. The first-order chi connectivity index (χ1) is 18.8. The zero-order valence-corrected chi connectivity index (χ0v) is 20.8. The SMILES string of the molecule is CCc1nc2ccccc2n1-c1cccc(-c2nc3ccccc3c3c2ccc2c4ccccc4oc23)c1. The Kier molecular flexibility index (Phi) is 4.47. The zero-order valence-electron chi connectivity index (χ0n) is 20.8. The number of hydrogen-bond donors (Lipinski definition) is 0. The third-order valence-corrected chi connectivity index (χ3v) is 7.53. The number of nitrogens with zero attached hydrogens (tertiary/aromatic N) is 3. The average molecular weight is 490 g/mol. The van der Waals surface area contributed by atoms with E-state index in [-0.39, 0.29) is 0 Å². The quantitative estimate of drug-likeness (QED) is 0.233. The van der Waals surface area contributed by atoms with Crippen molar-refractivity contribution in [1.29, 1.82) is 0 Å². The Morgan fingerprint density at radius 3 is 2.32 bits per heavy atom. The first-order valence-corrected chi connectivity index (χ1v) is 13.0. The fourth-order valence-corrected chi connectivity index (χ4v) is 5.83. The number of pyridine rings is 1. The van der Waals surface area contributed by atoms with E-state index in [9.17, 15) is 0 Å². The second-order valence-corrected chi connectivity index (χ2v) is 9.70. The minimum Gasteiger partial charge on any atom is -0.455 e. The van der Waals surface area contributed by atoms with E-state index in [1.807, 2.05) is 24.3 Å². The highest BCUT2D eigenvalue weighted by molar-refractivity contribution is 6.24. The van der Waals surface area contributed by atoms with Crippen LogP contribution in [0.4, 0.5) is 0 Å². The number of fused-ring (bicyclic) bond motifs is 8. The lowest BCUT2D eigenvalue weighted by Gasteiger charge is -2.13. The second-order valence-electron chi connectivity index (χ2n) is 9.70. The molecule has 3 aromatic heterocycles. The molecule has 0 bridgehead atoms. The van der Waals surface area contributed by atoms with Crippen LogP contribution in [0.3, 0.4) is 0 Å². The maximum atomic E-state index is 6.49. The molecule has 0 fully saturated rings. The van der Waals surface area contributed by atoms with E-state index in [0.29, 0.717) is 0 Å². The van der Waals surface area contributed by atoms with Gasteiger partial charge in [0.2, 0.25) is 0 Å². The maximum absolute atomic E-state index is 6.49. The Hall–Kier alpha value is -4.96. The number of rotatable bonds is 3. The fourth-order valence-electron chi connectivity index (χ4n) is 5.83. The van der Waals surface area contributed by atoms with Crippen LogP contribution >= 0.6 is 0 Å². The van der Waals surface area contributed by atoms with E-state index in [1.165, 1.54) is 0 Å². The van der Waals surface area contributed by atoms with Gasteiger partial charge in [0, 0.05) is 44.6 Å². The Balaban J connectivity index is 1.44. The minimum absolute atomic E-state index is 0.847. The summed E-state index contributed by atoms with van der Waals surface area (Å²) in [6.07, 6.45) is 0.847. The number of imidazole rings is 1. The summed E-state index contributed by atoms with van der Waals surface area (Å²) in [7, 11) is 0. The van der Waals surface area contributed by atoms with Crippen LogP contribution in [-0.4, -0.2) is 14.5 Å². The standard InChI is InChI=1S/C34H23N3O/c1-2-31-35-28-15-6-7-16-29(28)37(31)22-11-9-10-21(20-22)33-26-19-18-24-23-12-4-8-17-30(23)38-34(24)32(26)25-13-3-5-14-27(25)36-33/h3-20H,2H2,1H3. The van der Waals surface area contributed by atoms with Gasteiger partial charge in [-0.05, 0) is 42.5 Å². The first-order valence-electron chi connectivity index (χ1n) is 13.0. The summed E-state index contributed by atoms with van der Waals surface area (Å²) in [4.78, 5) is 10.1. The van der Waals surface area contributed by atoms with E-state index in [0.717, 1.165) is 83.8 Å². The van der Waals surface area contributed by atoms with Gasteiger partial charge < -0.3 is 4.42 Å². The van der Waals surface area contributed by atoms with Crippen LogP contribution in [0.25, 0.3) is 71.6 Å². The number of aromatic nitrogens is 3. The van der Waals surface area contributed by atoms with Crippen molar-refractivity contribution in [3.05, 3.63) is 115 Å². The molecule has 8 rings (SSSR count). The van der Waals surface area contributed by atoms with Crippen molar-refractivity contribution in [2.75, 3.05) is 0 Å². The van der Waals surface area contributed by atoms with E-state index >= 15 is 0 Å². The van der Waals surface area contributed by atoms with E-state index in [2.05, 4.69) is 96.4 Å². The molecule has 0 atom stereocenters. The van der Waals surface area contributed by atoms with Crippen molar-refractivity contribution in [1.82, 2.24) is 14.5 Å². The molecule has 0 saturated carbocycles. The van der Waals surface area contributed by atoms with Crippen molar-refractivity contribution < 1.29 is 4.42 Å². The maximum Gasteiger partial charge on any atom is 0.144 e. The Bertz CT molecular complexity index is 2180. The molecular weight excluding hydrogens is 466 g/mol. The molecule has 0 spiro atoms. The van der Waals surface area contributed by atoms with E-state index < -0.39 is 0 Å². The van der Waals surface area contributed by atoms with Gasteiger partial charge >= 0.3 is 0 Å². The van der Waals surface area contributed by atoms with Gasteiger partial charge in [0.25, 0.3) is 0 Å². The summed E-state index contributed by atoms with van der Waals surface area (Å²) >= 11 is 0. The lowest BCUT2D eigenvalue weighted by atomic mass is 9.97. The monoisotopic (exact) mass is 489 g/mol. The van der Waals surface area contributed by atoms with Crippen molar-refractivity contribution in [2.24, 2.45) is 0 Å². The van der Waals surface area contributed by atoms with E-state index in [1.54, 1.807) is 0 Å². The molecule has 0 amide bonds. The van der Waals surface area contributed by atoms with E-state index in [4.69, 9.17) is 14.4 Å². The van der Waals surface area contributed by atoms with Gasteiger partial charge in [0.05, 0.1) is 22.2 Å². The van der Waals surface area contributed by atoms with Crippen LogP contribution in [0.15, 0.2) is 114 Å². The summed E-state index contributed by atoms with van der Waals surface area (Å²) in [5.41, 5.74) is 7.99. The molecule has 4 nitrogen and oxygen atoms in total. The number of para-hydroxylation sites is 4. The third-order valence-electron chi connectivity index (χ3n) is 7.53. The van der Waals surface area contributed by atoms with Gasteiger partial charge in [-0.3, -0.25) is 4.57 Å². The zero-order chi connectivity index (χ0) is 25.2. The van der Waals surface area contributed by atoms with Crippen LogP contribution < -0.4 is 0 Å². The van der Waals surface area contributed by atoms with Crippen molar-refractivity contribution in [3.63, 3.8) is 0 Å². The van der Waals surface area contributed by atoms with Gasteiger partial charge in [-0.25, -0.2) is 9.97 Å². The Labute approximate surface area is 218 Å². The Morgan fingerprint density at radius 1 is 0.658 bits per heavy atom. The summed E-state index contributed by atoms with van der Waals surface area (Å²) in [6, 6.07) is 37.9. The highest BCUT2D eigenvalue weighted by atomic mass is 16.3. The smallest absolute Gasteiger partial charge is 0.144 e. The van der Waals surface area contributed by atoms with Crippen LogP contribution in [0.5, 0.6) is 0 Å². The summed E-state index contributed by atoms with van der Waals surface area (Å²) < 4.78 is 8.75. The predicted octanol–water partition coefficient (Wildman–Crippen LogP) is 8.86. The van der Waals surface area contributed by atoms with Crippen molar-refractivity contribution in [3.8, 4) is 16.9 Å². The lowest BCUT2D eigenvalue weighted by Crippen LogP contribution is -2.00. The molecule has 38 heavy (non-hydrogen) atoms. The minimum atomic E-state index is 0.847. The largest absolute Gasteiger partial charge is 0.455 e. The molecular formula is C34H23N3O.